The maximum absolute atomic E-state index is 15.3. The molecule has 3 aromatic heterocycles. The number of aromatic amines is 1. The normalized spacial score (nSPS) is 21.3. The number of anilines is 4. The number of hydrogen-bond acceptors (Lipinski definition) is 10. The standard InChI is InChI=1S/C26H32FN11O3/c1-2-21(39)31-16-12-38(13-16)17-3-5-28-20(11-17)33-26(40)32-19-4-6-37(14-18(19)27)25-34-22-23(35-25)29-15-30-24(22)36-7-9-41-10-8-36/h2-3,5,11,15-16,18-19H,1,4,6-10,12-14H2,(H,31,39)(H2,28,32,33,40)(H,29,30,34,35)/t18-,19?/m0/s1. The highest BCUT2D eigenvalue weighted by Crippen LogP contribution is 2.27. The summed E-state index contributed by atoms with van der Waals surface area (Å²) < 4.78 is 20.7. The number of carbonyl (C=O) groups excluding carboxylic acids is 2. The van der Waals surface area contributed by atoms with Crippen LogP contribution < -0.4 is 30.7 Å². The zero-order chi connectivity index (χ0) is 28.3. The Morgan fingerprint density at radius 2 is 1.90 bits per heavy atom. The summed E-state index contributed by atoms with van der Waals surface area (Å²) in [6, 6.07) is 2.43. The van der Waals surface area contributed by atoms with Crippen LogP contribution in [0.1, 0.15) is 6.42 Å². The molecule has 216 valence electrons. The third-order valence-electron chi connectivity index (χ3n) is 7.49. The molecule has 4 N–H and O–H groups in total. The Hall–Kier alpha value is -4.53. The average Bonchev–Trinajstić information content (AvgIpc) is 3.41. The topological polar surface area (TPSA) is 157 Å². The van der Waals surface area contributed by atoms with Gasteiger partial charge < -0.3 is 35.1 Å². The number of carbonyl (C=O) groups is 2. The van der Waals surface area contributed by atoms with Gasteiger partial charge in [-0.25, -0.2) is 24.1 Å². The van der Waals surface area contributed by atoms with E-state index in [0.29, 0.717) is 62.2 Å². The van der Waals surface area contributed by atoms with Crippen LogP contribution in [0.15, 0.2) is 37.3 Å². The number of H-pyrrole nitrogens is 1. The number of morpholine rings is 1. The summed E-state index contributed by atoms with van der Waals surface area (Å²) in [6.45, 7) is 8.01. The summed E-state index contributed by atoms with van der Waals surface area (Å²) in [5.41, 5.74) is 2.10. The molecule has 0 spiro atoms. The van der Waals surface area contributed by atoms with Crippen molar-refractivity contribution in [3.8, 4) is 0 Å². The van der Waals surface area contributed by atoms with Crippen molar-refractivity contribution in [3.63, 3.8) is 0 Å². The fourth-order valence-electron chi connectivity index (χ4n) is 5.27. The van der Waals surface area contributed by atoms with E-state index in [1.165, 1.54) is 12.4 Å². The molecule has 0 bridgehead atoms. The molecule has 3 amide bonds. The smallest absolute Gasteiger partial charge is 0.320 e. The first-order valence-electron chi connectivity index (χ1n) is 13.6. The number of alkyl halides is 1. The molecule has 0 saturated carbocycles. The second-order valence-electron chi connectivity index (χ2n) is 10.2. The summed E-state index contributed by atoms with van der Waals surface area (Å²) in [6.07, 6.45) is 3.42. The second-order valence-corrected chi connectivity index (χ2v) is 10.2. The number of ether oxygens (including phenoxy) is 1. The molecule has 0 radical (unpaired) electrons. The van der Waals surface area contributed by atoms with Crippen molar-refractivity contribution in [1.82, 2.24) is 35.6 Å². The van der Waals surface area contributed by atoms with Crippen LogP contribution in [0.2, 0.25) is 0 Å². The second kappa shape index (κ2) is 11.5. The number of imidazole rings is 1. The third kappa shape index (κ3) is 5.84. The molecule has 3 saturated heterocycles. The molecule has 6 rings (SSSR count). The number of amides is 3. The number of hydrogen-bond donors (Lipinski definition) is 4. The number of nitrogens with one attached hydrogen (secondary N) is 4. The van der Waals surface area contributed by atoms with Gasteiger partial charge in [-0.15, -0.1) is 0 Å². The highest BCUT2D eigenvalue weighted by molar-refractivity contribution is 5.89. The van der Waals surface area contributed by atoms with E-state index < -0.39 is 18.2 Å². The number of urea groups is 1. The van der Waals surface area contributed by atoms with Crippen LogP contribution in [0.4, 0.5) is 32.5 Å². The number of halogens is 1. The van der Waals surface area contributed by atoms with Gasteiger partial charge in [0.25, 0.3) is 0 Å². The number of nitrogens with zero attached hydrogens (tertiary/aromatic N) is 7. The van der Waals surface area contributed by atoms with Crippen molar-refractivity contribution in [3.05, 3.63) is 37.3 Å². The Balaban J connectivity index is 1.02. The quantitative estimate of drug-likeness (QED) is 0.302. The van der Waals surface area contributed by atoms with Gasteiger partial charge in [0.15, 0.2) is 11.5 Å². The predicted molar refractivity (Wildman–Crippen MR) is 151 cm³/mol. The maximum atomic E-state index is 15.3. The number of aromatic nitrogens is 5. The van der Waals surface area contributed by atoms with Gasteiger partial charge in [0, 0.05) is 50.7 Å². The van der Waals surface area contributed by atoms with Crippen molar-refractivity contribution in [2.24, 2.45) is 0 Å². The molecule has 3 aliphatic rings. The Kier molecular flexibility index (Phi) is 7.50. The van der Waals surface area contributed by atoms with E-state index in [0.717, 1.165) is 24.6 Å². The lowest BCUT2D eigenvalue weighted by Gasteiger charge is -2.41. The van der Waals surface area contributed by atoms with Crippen molar-refractivity contribution in [2.45, 2.75) is 24.7 Å². The van der Waals surface area contributed by atoms with Gasteiger partial charge in [-0.2, -0.15) is 4.98 Å². The van der Waals surface area contributed by atoms with Crippen LogP contribution >= 0.6 is 0 Å². The third-order valence-corrected chi connectivity index (χ3v) is 7.49. The first kappa shape index (κ1) is 26.7. The van der Waals surface area contributed by atoms with E-state index in [2.05, 4.69) is 57.2 Å². The van der Waals surface area contributed by atoms with E-state index in [4.69, 9.17) is 4.74 Å². The fraction of sp³-hybridized carbons (Fsp3) is 0.462. The van der Waals surface area contributed by atoms with E-state index >= 15 is 4.39 Å². The molecule has 14 nitrogen and oxygen atoms in total. The summed E-state index contributed by atoms with van der Waals surface area (Å²) in [5, 5.41) is 8.30. The summed E-state index contributed by atoms with van der Waals surface area (Å²) in [5.74, 6) is 1.43. The van der Waals surface area contributed by atoms with Crippen LogP contribution in [0.25, 0.3) is 11.2 Å². The number of piperidine rings is 1. The van der Waals surface area contributed by atoms with Crippen LogP contribution in [0.3, 0.4) is 0 Å². The number of rotatable bonds is 7. The SMILES string of the molecule is C=CC(=O)NC1CN(c2ccnc(NC(=O)NC3CCN(c4nc5ncnc(N6CCOCC6)c5[nH]4)C[C@@H]3F)c2)C1. The lowest BCUT2D eigenvalue weighted by atomic mass is 10.0. The average molecular weight is 566 g/mol. The van der Waals surface area contributed by atoms with Gasteiger partial charge in [0.05, 0.1) is 31.8 Å². The number of fused-ring (bicyclic) bond motifs is 1. The zero-order valence-electron chi connectivity index (χ0n) is 22.4. The van der Waals surface area contributed by atoms with Gasteiger partial charge in [-0.05, 0) is 18.6 Å². The molecule has 3 fully saturated rings. The minimum absolute atomic E-state index is 0.0417. The van der Waals surface area contributed by atoms with Crippen LogP contribution in [-0.2, 0) is 9.53 Å². The van der Waals surface area contributed by atoms with Crippen LogP contribution in [-0.4, -0.2) is 108 Å². The largest absolute Gasteiger partial charge is 0.378 e. The molecular weight excluding hydrogens is 533 g/mol. The van der Waals surface area contributed by atoms with Gasteiger partial charge in [0.2, 0.25) is 11.9 Å². The van der Waals surface area contributed by atoms with Gasteiger partial charge in [-0.1, -0.05) is 6.58 Å². The molecule has 41 heavy (non-hydrogen) atoms. The Bertz CT molecular complexity index is 1420. The summed E-state index contributed by atoms with van der Waals surface area (Å²) in [7, 11) is 0. The number of pyridine rings is 1. The molecular formula is C26H32FN11O3. The maximum Gasteiger partial charge on any atom is 0.320 e. The lowest BCUT2D eigenvalue weighted by Crippen LogP contribution is -2.59. The highest BCUT2D eigenvalue weighted by Gasteiger charge is 2.33. The van der Waals surface area contributed by atoms with Crippen LogP contribution in [0.5, 0.6) is 0 Å². The Morgan fingerprint density at radius 1 is 1.07 bits per heavy atom. The molecule has 0 aromatic carbocycles. The first-order valence-corrected chi connectivity index (χ1v) is 13.6. The summed E-state index contributed by atoms with van der Waals surface area (Å²) >= 11 is 0. The summed E-state index contributed by atoms with van der Waals surface area (Å²) in [4.78, 5) is 51.0. The molecule has 3 aromatic rings. The van der Waals surface area contributed by atoms with Crippen molar-refractivity contribution < 1.29 is 18.7 Å². The molecule has 0 aliphatic carbocycles. The molecule has 3 aliphatic heterocycles. The van der Waals surface area contributed by atoms with Crippen LogP contribution in [0, 0.1) is 0 Å². The van der Waals surface area contributed by atoms with Gasteiger partial charge in [-0.3, -0.25) is 10.1 Å². The first-order chi connectivity index (χ1) is 20.0. The van der Waals surface area contributed by atoms with E-state index in [1.807, 2.05) is 11.0 Å². The van der Waals surface area contributed by atoms with E-state index in [9.17, 15) is 9.59 Å². The Labute approximate surface area is 235 Å². The molecule has 1 unspecified atom stereocenters. The van der Waals surface area contributed by atoms with E-state index in [1.54, 1.807) is 12.3 Å². The minimum atomic E-state index is -1.31. The molecule has 6 heterocycles. The zero-order valence-corrected chi connectivity index (χ0v) is 22.4. The fourth-order valence-corrected chi connectivity index (χ4v) is 5.27. The molecule has 15 heteroatoms. The monoisotopic (exact) mass is 565 g/mol. The van der Waals surface area contributed by atoms with Crippen molar-refractivity contribution in [2.75, 3.05) is 72.5 Å². The van der Waals surface area contributed by atoms with Gasteiger partial charge in [0.1, 0.15) is 23.8 Å². The van der Waals surface area contributed by atoms with Crippen molar-refractivity contribution in [1.29, 1.82) is 0 Å². The van der Waals surface area contributed by atoms with Gasteiger partial charge >= 0.3 is 6.03 Å². The Morgan fingerprint density at radius 3 is 2.68 bits per heavy atom. The predicted octanol–water partition coefficient (Wildman–Crippen LogP) is 0.814. The molecule has 2 atom stereocenters. The lowest BCUT2D eigenvalue weighted by molar-refractivity contribution is -0.117. The van der Waals surface area contributed by atoms with E-state index in [-0.39, 0.29) is 18.5 Å². The van der Waals surface area contributed by atoms with Crippen molar-refractivity contribution >= 4 is 46.4 Å². The minimum Gasteiger partial charge on any atom is -0.378 e. The highest BCUT2D eigenvalue weighted by atomic mass is 19.1.